The lowest BCUT2D eigenvalue weighted by atomic mass is 10.0. The molecule has 31 heavy (non-hydrogen) atoms. The number of nitriles is 1. The lowest BCUT2D eigenvalue weighted by Gasteiger charge is -2.28. The Morgan fingerprint density at radius 1 is 1.10 bits per heavy atom. The number of rotatable bonds is 4. The monoisotopic (exact) mass is 417 g/mol. The molecular weight excluding hydrogens is 394 g/mol. The quantitative estimate of drug-likeness (QED) is 0.808. The SMILES string of the molecule is CC1(C)O[C@H]2O[C@H](C3=C(C#N)C=Nc4ccccc4N3)[C@H](OCc3ccccc3)[C@H]2O1. The Kier molecular flexibility index (Phi) is 5.08. The summed E-state index contributed by atoms with van der Waals surface area (Å²) in [5.41, 5.74) is 3.56. The highest BCUT2D eigenvalue weighted by Crippen LogP contribution is 2.42. The summed E-state index contributed by atoms with van der Waals surface area (Å²) < 4.78 is 24.7. The number of nitrogens with one attached hydrogen (secondary N) is 1. The van der Waals surface area contributed by atoms with Crippen LogP contribution in [0.3, 0.4) is 0 Å². The summed E-state index contributed by atoms with van der Waals surface area (Å²) in [4.78, 5) is 4.45. The van der Waals surface area contributed by atoms with Gasteiger partial charge in [0, 0.05) is 6.21 Å². The number of para-hydroxylation sites is 2. The van der Waals surface area contributed by atoms with Crippen LogP contribution in [0.25, 0.3) is 0 Å². The second kappa shape index (κ2) is 7.91. The fraction of sp³-hybridized carbons (Fsp3) is 0.333. The number of ether oxygens (including phenoxy) is 4. The zero-order valence-electron chi connectivity index (χ0n) is 17.3. The molecule has 3 heterocycles. The van der Waals surface area contributed by atoms with Gasteiger partial charge < -0.3 is 24.3 Å². The van der Waals surface area contributed by atoms with E-state index in [0.29, 0.717) is 17.9 Å². The van der Waals surface area contributed by atoms with Gasteiger partial charge in [0.1, 0.15) is 24.4 Å². The van der Waals surface area contributed by atoms with Crippen molar-refractivity contribution >= 4 is 17.6 Å². The standard InChI is InChI=1S/C24H23N3O4/c1-24(2)30-22-21(28-14-15-8-4-3-5-9-15)20(29-23(22)31-24)19-16(12-25)13-26-17-10-6-7-11-18(17)27-19/h3-11,13,20-23,27H,14H2,1-2H3/t20-,21+,22-,23-/m1/s1. The Bertz CT molecular complexity index is 1070. The van der Waals surface area contributed by atoms with Crippen LogP contribution in [-0.2, 0) is 25.6 Å². The molecule has 4 atom stereocenters. The molecule has 0 bridgehead atoms. The summed E-state index contributed by atoms with van der Waals surface area (Å²) in [6.07, 6.45) is -0.511. The molecule has 0 spiro atoms. The molecule has 0 aliphatic carbocycles. The van der Waals surface area contributed by atoms with Crippen molar-refractivity contribution in [1.29, 1.82) is 5.26 Å². The number of allylic oxidation sites excluding steroid dienone is 1. The van der Waals surface area contributed by atoms with Gasteiger partial charge in [-0.3, -0.25) is 4.99 Å². The zero-order chi connectivity index (χ0) is 21.4. The topological polar surface area (TPSA) is 85.1 Å². The molecule has 2 fully saturated rings. The average molecular weight is 417 g/mol. The number of fused-ring (bicyclic) bond motifs is 2. The predicted octanol–water partition coefficient (Wildman–Crippen LogP) is 4.05. The van der Waals surface area contributed by atoms with E-state index in [9.17, 15) is 5.26 Å². The van der Waals surface area contributed by atoms with Gasteiger partial charge in [-0.2, -0.15) is 5.26 Å². The van der Waals surface area contributed by atoms with Gasteiger partial charge in [0.05, 0.1) is 29.3 Å². The number of hydrogen-bond donors (Lipinski definition) is 1. The Balaban J connectivity index is 1.48. The minimum absolute atomic E-state index is 0.383. The molecule has 158 valence electrons. The molecular formula is C24H23N3O4. The first kappa shape index (κ1) is 19.9. The van der Waals surface area contributed by atoms with E-state index in [4.69, 9.17) is 18.9 Å². The van der Waals surface area contributed by atoms with E-state index in [1.54, 1.807) is 6.21 Å². The first-order valence-electron chi connectivity index (χ1n) is 10.2. The Morgan fingerprint density at radius 3 is 2.68 bits per heavy atom. The molecule has 7 nitrogen and oxygen atoms in total. The molecule has 5 rings (SSSR count). The van der Waals surface area contributed by atoms with Crippen LogP contribution in [0.15, 0.2) is 70.9 Å². The summed E-state index contributed by atoms with van der Waals surface area (Å²) in [6.45, 7) is 4.09. The summed E-state index contributed by atoms with van der Waals surface area (Å²) in [5, 5.41) is 13.2. The molecule has 0 aromatic heterocycles. The maximum atomic E-state index is 9.81. The molecule has 3 aliphatic heterocycles. The second-order valence-corrected chi connectivity index (χ2v) is 8.13. The first-order chi connectivity index (χ1) is 15.0. The van der Waals surface area contributed by atoms with E-state index in [2.05, 4.69) is 16.4 Å². The van der Waals surface area contributed by atoms with E-state index < -0.39 is 30.4 Å². The molecule has 2 saturated heterocycles. The van der Waals surface area contributed by atoms with Crippen molar-refractivity contribution in [1.82, 2.24) is 0 Å². The van der Waals surface area contributed by atoms with Crippen molar-refractivity contribution in [3.8, 4) is 6.07 Å². The molecule has 3 aliphatic rings. The largest absolute Gasteiger partial charge is 0.367 e. The highest BCUT2D eigenvalue weighted by Gasteiger charge is 2.56. The highest BCUT2D eigenvalue weighted by molar-refractivity contribution is 5.91. The fourth-order valence-electron chi connectivity index (χ4n) is 4.08. The Labute approximate surface area is 180 Å². The molecule has 0 amide bonds. The number of benzene rings is 2. The third-order valence-corrected chi connectivity index (χ3v) is 5.48. The minimum atomic E-state index is -0.772. The minimum Gasteiger partial charge on any atom is -0.367 e. The summed E-state index contributed by atoms with van der Waals surface area (Å²) >= 11 is 0. The molecule has 1 N–H and O–H groups in total. The van der Waals surface area contributed by atoms with Crippen LogP contribution in [0.5, 0.6) is 0 Å². The lowest BCUT2D eigenvalue weighted by molar-refractivity contribution is -0.214. The van der Waals surface area contributed by atoms with Gasteiger partial charge in [-0.1, -0.05) is 42.5 Å². The Morgan fingerprint density at radius 2 is 1.87 bits per heavy atom. The van der Waals surface area contributed by atoms with Crippen molar-refractivity contribution in [2.24, 2.45) is 4.99 Å². The highest BCUT2D eigenvalue weighted by atomic mass is 16.8. The summed E-state index contributed by atoms with van der Waals surface area (Å²) in [6, 6.07) is 19.8. The maximum Gasteiger partial charge on any atom is 0.190 e. The molecule has 0 saturated carbocycles. The van der Waals surface area contributed by atoms with Crippen molar-refractivity contribution in [3.63, 3.8) is 0 Å². The lowest BCUT2D eigenvalue weighted by Crippen LogP contribution is -2.39. The van der Waals surface area contributed by atoms with Crippen molar-refractivity contribution in [3.05, 3.63) is 71.4 Å². The van der Waals surface area contributed by atoms with Crippen LogP contribution in [0.4, 0.5) is 11.4 Å². The molecule has 0 radical (unpaired) electrons. The van der Waals surface area contributed by atoms with E-state index in [1.807, 2.05) is 68.4 Å². The van der Waals surface area contributed by atoms with Crippen LogP contribution >= 0.6 is 0 Å². The van der Waals surface area contributed by atoms with Crippen LogP contribution in [0.2, 0.25) is 0 Å². The van der Waals surface area contributed by atoms with Gasteiger partial charge in [0.15, 0.2) is 12.1 Å². The average Bonchev–Trinajstić information content (AvgIpc) is 3.16. The van der Waals surface area contributed by atoms with Gasteiger partial charge >= 0.3 is 0 Å². The summed E-state index contributed by atoms with van der Waals surface area (Å²) in [7, 11) is 0. The van der Waals surface area contributed by atoms with Gasteiger partial charge in [-0.25, -0.2) is 0 Å². The van der Waals surface area contributed by atoms with E-state index >= 15 is 0 Å². The van der Waals surface area contributed by atoms with Crippen LogP contribution in [0.1, 0.15) is 19.4 Å². The maximum absolute atomic E-state index is 9.81. The fourth-order valence-corrected chi connectivity index (χ4v) is 4.08. The number of anilines is 1. The normalized spacial score (nSPS) is 28.4. The van der Waals surface area contributed by atoms with E-state index in [-0.39, 0.29) is 0 Å². The third-order valence-electron chi connectivity index (χ3n) is 5.48. The molecule has 7 heteroatoms. The van der Waals surface area contributed by atoms with Gasteiger partial charge in [-0.15, -0.1) is 0 Å². The number of aliphatic imine (C=N–C) groups is 1. The number of hydrogen-bond acceptors (Lipinski definition) is 7. The van der Waals surface area contributed by atoms with Crippen molar-refractivity contribution in [2.75, 3.05) is 5.32 Å². The van der Waals surface area contributed by atoms with Crippen LogP contribution in [0, 0.1) is 11.3 Å². The van der Waals surface area contributed by atoms with Crippen LogP contribution < -0.4 is 5.32 Å². The molecule has 0 unspecified atom stereocenters. The first-order valence-corrected chi connectivity index (χ1v) is 10.2. The third kappa shape index (κ3) is 3.87. The van der Waals surface area contributed by atoms with Crippen molar-refractivity contribution < 1.29 is 18.9 Å². The van der Waals surface area contributed by atoms with Gasteiger partial charge in [-0.05, 0) is 31.5 Å². The summed E-state index contributed by atoms with van der Waals surface area (Å²) in [5.74, 6) is -0.772. The zero-order valence-corrected chi connectivity index (χ0v) is 17.3. The predicted molar refractivity (Wildman–Crippen MR) is 115 cm³/mol. The number of nitrogens with zero attached hydrogens (tertiary/aromatic N) is 2. The van der Waals surface area contributed by atoms with Crippen molar-refractivity contribution in [2.45, 2.75) is 50.8 Å². The van der Waals surface area contributed by atoms with E-state index in [0.717, 1.165) is 16.9 Å². The smallest absolute Gasteiger partial charge is 0.190 e. The molecule has 2 aromatic carbocycles. The molecule has 2 aromatic rings. The van der Waals surface area contributed by atoms with Gasteiger partial charge in [0.2, 0.25) is 0 Å². The Hall–Kier alpha value is -3.02. The second-order valence-electron chi connectivity index (χ2n) is 8.13. The van der Waals surface area contributed by atoms with Gasteiger partial charge in [0.25, 0.3) is 0 Å². The van der Waals surface area contributed by atoms with E-state index in [1.165, 1.54) is 0 Å². The van der Waals surface area contributed by atoms with Crippen LogP contribution in [-0.4, -0.2) is 36.6 Å².